The topological polar surface area (TPSA) is 84.9 Å². The van der Waals surface area contributed by atoms with E-state index in [-0.39, 0.29) is 26.1 Å². The molecule has 2 amide bonds. The quantitative estimate of drug-likeness (QED) is 0.403. The number of carbonyl (C=O) groups is 3. The maximum Gasteiger partial charge on any atom is 0.408 e. The van der Waals surface area contributed by atoms with Gasteiger partial charge in [0.15, 0.2) is 0 Å². The summed E-state index contributed by atoms with van der Waals surface area (Å²) in [5, 5.41) is 2.75. The molecule has 1 atom stereocenters. The van der Waals surface area contributed by atoms with Crippen molar-refractivity contribution < 1.29 is 23.9 Å². The molecule has 1 aliphatic carbocycles. The van der Waals surface area contributed by atoms with E-state index in [0.29, 0.717) is 0 Å². The normalized spacial score (nSPS) is 13.6. The Kier molecular flexibility index (Phi) is 10.7. The molecule has 39 heavy (non-hydrogen) atoms. The second kappa shape index (κ2) is 14.1. The summed E-state index contributed by atoms with van der Waals surface area (Å²) in [6, 6.07) is 16.9. The highest BCUT2D eigenvalue weighted by Gasteiger charge is 2.30. The zero-order valence-electron chi connectivity index (χ0n) is 23.2. The number of allylic oxidation sites excluding steroid dienone is 4. The zero-order chi connectivity index (χ0) is 28.3. The van der Waals surface area contributed by atoms with Crippen molar-refractivity contribution in [2.24, 2.45) is 0 Å². The third kappa shape index (κ3) is 9.93. The van der Waals surface area contributed by atoms with E-state index < -0.39 is 29.6 Å². The van der Waals surface area contributed by atoms with E-state index in [0.717, 1.165) is 28.7 Å². The number of benzene rings is 2. The lowest BCUT2D eigenvalue weighted by Crippen LogP contribution is -2.52. The van der Waals surface area contributed by atoms with E-state index in [4.69, 9.17) is 9.47 Å². The fourth-order valence-corrected chi connectivity index (χ4v) is 4.11. The summed E-state index contributed by atoms with van der Waals surface area (Å²) >= 11 is 0. The maximum absolute atomic E-state index is 13.9. The fraction of sp³-hybridized carbons (Fsp3) is 0.344. The molecule has 2 aromatic rings. The van der Waals surface area contributed by atoms with Crippen LogP contribution in [-0.2, 0) is 25.5 Å². The smallest absolute Gasteiger partial charge is 0.408 e. The zero-order valence-corrected chi connectivity index (χ0v) is 23.2. The van der Waals surface area contributed by atoms with Gasteiger partial charge in [0.2, 0.25) is 5.91 Å². The molecule has 0 heterocycles. The number of alkyl carbamates (subject to hydrolysis) is 1. The predicted molar refractivity (Wildman–Crippen MR) is 153 cm³/mol. The average Bonchev–Trinajstić information content (AvgIpc) is 3.16. The average molecular weight is 531 g/mol. The van der Waals surface area contributed by atoms with Crippen LogP contribution in [0.3, 0.4) is 0 Å². The second-order valence-corrected chi connectivity index (χ2v) is 10.3. The van der Waals surface area contributed by atoms with Crippen molar-refractivity contribution in [3.8, 4) is 11.1 Å². The number of hydrogen-bond acceptors (Lipinski definition) is 5. The van der Waals surface area contributed by atoms with Gasteiger partial charge in [0, 0.05) is 13.0 Å². The highest BCUT2D eigenvalue weighted by atomic mass is 16.6. The summed E-state index contributed by atoms with van der Waals surface area (Å²) in [5.74, 6) is -0.905. The molecular weight excluding hydrogens is 492 g/mol. The van der Waals surface area contributed by atoms with Gasteiger partial charge in [0.25, 0.3) is 0 Å². The Morgan fingerprint density at radius 3 is 2.33 bits per heavy atom. The second-order valence-electron chi connectivity index (χ2n) is 10.3. The lowest BCUT2D eigenvalue weighted by atomic mass is 10.00. The Balaban J connectivity index is 1.86. The van der Waals surface area contributed by atoms with Crippen LogP contribution >= 0.6 is 0 Å². The molecule has 0 saturated heterocycles. The SMILES string of the molecule is CCOC(=O)CN(CC1=CCC=CC=C1)C(=O)[C@@H](Cc1ccc(-c2ccccc2)cc1)NC(=O)OC(C)(C)C. The number of nitrogens with one attached hydrogen (secondary N) is 1. The van der Waals surface area contributed by atoms with Crippen LogP contribution in [0.4, 0.5) is 4.79 Å². The minimum absolute atomic E-state index is 0.204. The molecule has 0 radical (unpaired) electrons. The molecular formula is C32H38N2O5. The maximum atomic E-state index is 13.9. The predicted octanol–water partition coefficient (Wildman–Crippen LogP) is 5.62. The van der Waals surface area contributed by atoms with Gasteiger partial charge in [-0.3, -0.25) is 9.59 Å². The summed E-state index contributed by atoms with van der Waals surface area (Å²) in [4.78, 5) is 40.6. The molecule has 1 N–H and O–H groups in total. The summed E-state index contributed by atoms with van der Waals surface area (Å²) < 4.78 is 10.6. The van der Waals surface area contributed by atoms with Crippen LogP contribution in [0.25, 0.3) is 11.1 Å². The summed E-state index contributed by atoms with van der Waals surface area (Å²) in [7, 11) is 0. The molecule has 7 heteroatoms. The molecule has 2 aromatic carbocycles. The fourth-order valence-electron chi connectivity index (χ4n) is 4.11. The minimum atomic E-state index is -0.953. The van der Waals surface area contributed by atoms with Crippen LogP contribution in [0, 0.1) is 0 Å². The van der Waals surface area contributed by atoms with E-state index in [2.05, 4.69) is 5.32 Å². The molecule has 0 fully saturated rings. The Bertz CT molecular complexity index is 1210. The first-order chi connectivity index (χ1) is 18.6. The summed E-state index contributed by atoms with van der Waals surface area (Å²) in [6.07, 6.45) is 10.0. The minimum Gasteiger partial charge on any atom is -0.465 e. The van der Waals surface area contributed by atoms with E-state index in [1.165, 1.54) is 4.90 Å². The molecule has 0 unspecified atom stereocenters. The molecule has 7 nitrogen and oxygen atoms in total. The Morgan fingerprint density at radius 1 is 0.974 bits per heavy atom. The van der Waals surface area contributed by atoms with Crippen LogP contribution in [0.15, 0.2) is 90.6 Å². The van der Waals surface area contributed by atoms with Gasteiger partial charge >= 0.3 is 12.1 Å². The molecule has 0 spiro atoms. The van der Waals surface area contributed by atoms with Crippen LogP contribution in [0.5, 0.6) is 0 Å². The van der Waals surface area contributed by atoms with Crippen molar-refractivity contribution in [3.63, 3.8) is 0 Å². The number of esters is 1. The third-order valence-corrected chi connectivity index (χ3v) is 5.87. The third-order valence-electron chi connectivity index (χ3n) is 5.87. The highest BCUT2D eigenvalue weighted by molar-refractivity contribution is 5.89. The first-order valence-electron chi connectivity index (χ1n) is 13.2. The van der Waals surface area contributed by atoms with Gasteiger partial charge < -0.3 is 19.7 Å². The van der Waals surface area contributed by atoms with Crippen LogP contribution < -0.4 is 5.32 Å². The molecule has 0 saturated carbocycles. The lowest BCUT2D eigenvalue weighted by Gasteiger charge is -2.29. The molecule has 206 valence electrons. The van der Waals surface area contributed by atoms with Crippen LogP contribution in [0.1, 0.15) is 39.7 Å². The van der Waals surface area contributed by atoms with Crippen molar-refractivity contribution in [2.45, 2.75) is 52.2 Å². The molecule has 3 rings (SSSR count). The van der Waals surface area contributed by atoms with Crippen molar-refractivity contribution in [3.05, 3.63) is 96.1 Å². The summed E-state index contributed by atoms with van der Waals surface area (Å²) in [5.41, 5.74) is 3.15. The van der Waals surface area contributed by atoms with E-state index in [9.17, 15) is 14.4 Å². The number of nitrogens with zero attached hydrogens (tertiary/aromatic N) is 1. The van der Waals surface area contributed by atoms with E-state index in [1.54, 1.807) is 27.7 Å². The van der Waals surface area contributed by atoms with E-state index in [1.807, 2.05) is 85.0 Å². The van der Waals surface area contributed by atoms with Crippen molar-refractivity contribution in [1.29, 1.82) is 0 Å². The first-order valence-corrected chi connectivity index (χ1v) is 13.2. The first kappa shape index (κ1) is 29.4. The van der Waals surface area contributed by atoms with Gasteiger partial charge in [-0.15, -0.1) is 0 Å². The van der Waals surface area contributed by atoms with Gasteiger partial charge in [-0.25, -0.2) is 4.79 Å². The largest absolute Gasteiger partial charge is 0.465 e. The number of amides is 2. The monoisotopic (exact) mass is 530 g/mol. The molecule has 0 bridgehead atoms. The van der Waals surface area contributed by atoms with Gasteiger partial charge in [0.1, 0.15) is 18.2 Å². The van der Waals surface area contributed by atoms with Crippen LogP contribution in [-0.4, -0.2) is 54.2 Å². The van der Waals surface area contributed by atoms with Gasteiger partial charge in [0.05, 0.1) is 6.61 Å². The molecule has 1 aliphatic rings. The summed E-state index contributed by atoms with van der Waals surface area (Å²) in [6.45, 7) is 7.19. The lowest BCUT2D eigenvalue weighted by molar-refractivity contribution is -0.149. The molecule has 0 aromatic heterocycles. The van der Waals surface area contributed by atoms with Crippen molar-refractivity contribution >= 4 is 18.0 Å². The van der Waals surface area contributed by atoms with E-state index >= 15 is 0 Å². The van der Waals surface area contributed by atoms with Crippen molar-refractivity contribution in [1.82, 2.24) is 10.2 Å². The molecule has 0 aliphatic heterocycles. The Hall–Kier alpha value is -4.13. The Labute approximate surface area is 231 Å². The number of rotatable bonds is 10. The van der Waals surface area contributed by atoms with Crippen LogP contribution in [0.2, 0.25) is 0 Å². The number of ether oxygens (including phenoxy) is 2. The van der Waals surface area contributed by atoms with Gasteiger partial charge in [-0.05, 0) is 56.4 Å². The van der Waals surface area contributed by atoms with Crippen molar-refractivity contribution in [2.75, 3.05) is 19.7 Å². The highest BCUT2D eigenvalue weighted by Crippen LogP contribution is 2.20. The Morgan fingerprint density at radius 2 is 1.67 bits per heavy atom. The van der Waals surface area contributed by atoms with Gasteiger partial charge in [-0.1, -0.05) is 85.0 Å². The number of carbonyl (C=O) groups excluding carboxylic acids is 3. The standard InChI is InChI=1S/C32H38N2O5/c1-5-38-29(35)23-34(22-25-13-9-6-7-10-14-25)30(36)28(33-31(37)39-32(2,3)4)21-24-17-19-27(20-18-24)26-15-11-8-12-16-26/h6-9,11-20,28H,5,10,21-23H2,1-4H3,(H,33,37)/t28-/m1/s1. The number of hydrogen-bond donors (Lipinski definition) is 1. The van der Waals surface area contributed by atoms with Gasteiger partial charge in [-0.2, -0.15) is 0 Å².